The van der Waals surface area contributed by atoms with Crippen molar-refractivity contribution in [2.24, 2.45) is 0 Å². The number of ether oxygens (including phenoxy) is 3. The van der Waals surface area contributed by atoms with Crippen molar-refractivity contribution < 1.29 is 19.0 Å². The number of alkyl halides is 1. The number of rotatable bonds is 8. The third-order valence-electron chi connectivity index (χ3n) is 3.10. The van der Waals surface area contributed by atoms with Crippen molar-refractivity contribution in [3.05, 3.63) is 17.7 Å². The van der Waals surface area contributed by atoms with Gasteiger partial charge in [-0.1, -0.05) is 0 Å². The lowest BCUT2D eigenvalue weighted by atomic mass is 10.1. The SMILES string of the molecule is COc1ccc(C(=O)NC(C)CCCCl)c(OC)c1OC. The Morgan fingerprint density at radius 3 is 2.38 bits per heavy atom. The first-order valence-corrected chi connectivity index (χ1v) is 7.28. The Bertz CT molecular complexity index is 479. The van der Waals surface area contributed by atoms with Crippen LogP contribution in [0.25, 0.3) is 0 Å². The number of carbonyl (C=O) groups is 1. The molecular weight excluding hydrogens is 294 g/mol. The normalized spacial score (nSPS) is 11.7. The summed E-state index contributed by atoms with van der Waals surface area (Å²) in [5.74, 6) is 1.65. The number of carbonyl (C=O) groups excluding carboxylic acids is 1. The average Bonchev–Trinajstić information content (AvgIpc) is 2.50. The molecule has 118 valence electrons. The lowest BCUT2D eigenvalue weighted by Gasteiger charge is -2.17. The van der Waals surface area contributed by atoms with Gasteiger partial charge in [-0.15, -0.1) is 11.6 Å². The average molecular weight is 316 g/mol. The van der Waals surface area contributed by atoms with Crippen LogP contribution < -0.4 is 19.5 Å². The molecule has 0 heterocycles. The van der Waals surface area contributed by atoms with Crippen LogP contribution in [0.15, 0.2) is 12.1 Å². The number of methoxy groups -OCH3 is 3. The summed E-state index contributed by atoms with van der Waals surface area (Å²) < 4.78 is 15.8. The molecule has 0 aliphatic rings. The van der Waals surface area contributed by atoms with Crippen molar-refractivity contribution in [2.45, 2.75) is 25.8 Å². The molecule has 0 bridgehead atoms. The molecule has 0 aliphatic carbocycles. The van der Waals surface area contributed by atoms with E-state index in [9.17, 15) is 4.79 Å². The second kappa shape index (κ2) is 8.62. The summed E-state index contributed by atoms with van der Waals surface area (Å²) in [4.78, 5) is 12.3. The van der Waals surface area contributed by atoms with Gasteiger partial charge in [0.25, 0.3) is 5.91 Å². The Morgan fingerprint density at radius 1 is 1.19 bits per heavy atom. The van der Waals surface area contributed by atoms with Crippen LogP contribution in [0.1, 0.15) is 30.1 Å². The summed E-state index contributed by atoms with van der Waals surface area (Å²) >= 11 is 5.66. The van der Waals surface area contributed by atoms with E-state index in [-0.39, 0.29) is 11.9 Å². The number of benzene rings is 1. The summed E-state index contributed by atoms with van der Waals surface area (Å²) in [6, 6.07) is 3.37. The van der Waals surface area contributed by atoms with Gasteiger partial charge in [0.1, 0.15) is 0 Å². The Kier molecular flexibility index (Phi) is 7.15. The van der Waals surface area contributed by atoms with Gasteiger partial charge in [-0.25, -0.2) is 0 Å². The highest BCUT2D eigenvalue weighted by Crippen LogP contribution is 2.39. The van der Waals surface area contributed by atoms with E-state index >= 15 is 0 Å². The topological polar surface area (TPSA) is 56.8 Å². The quantitative estimate of drug-likeness (QED) is 0.749. The second-order valence-corrected chi connectivity index (χ2v) is 4.97. The second-order valence-electron chi connectivity index (χ2n) is 4.59. The molecule has 1 aromatic carbocycles. The number of amides is 1. The minimum absolute atomic E-state index is 0.0362. The molecule has 0 saturated carbocycles. The summed E-state index contributed by atoms with van der Waals surface area (Å²) in [7, 11) is 4.53. The van der Waals surface area contributed by atoms with Gasteiger partial charge in [0.2, 0.25) is 5.75 Å². The molecule has 1 unspecified atom stereocenters. The molecule has 21 heavy (non-hydrogen) atoms. The molecular formula is C15H22ClNO4. The first-order valence-electron chi connectivity index (χ1n) is 6.74. The first kappa shape index (κ1) is 17.4. The molecule has 5 nitrogen and oxygen atoms in total. The molecule has 0 aliphatic heterocycles. The lowest BCUT2D eigenvalue weighted by Crippen LogP contribution is -2.32. The monoisotopic (exact) mass is 315 g/mol. The van der Waals surface area contributed by atoms with Crippen molar-refractivity contribution >= 4 is 17.5 Å². The fourth-order valence-corrected chi connectivity index (χ4v) is 2.19. The maximum atomic E-state index is 12.3. The van der Waals surface area contributed by atoms with E-state index in [1.54, 1.807) is 12.1 Å². The number of halogens is 1. The van der Waals surface area contributed by atoms with Crippen LogP contribution in [0.3, 0.4) is 0 Å². The lowest BCUT2D eigenvalue weighted by molar-refractivity contribution is 0.0934. The van der Waals surface area contributed by atoms with E-state index in [2.05, 4.69) is 5.32 Å². The molecule has 0 fully saturated rings. The van der Waals surface area contributed by atoms with Crippen LogP contribution in [-0.4, -0.2) is 39.2 Å². The summed E-state index contributed by atoms with van der Waals surface area (Å²) in [6.45, 7) is 1.94. The van der Waals surface area contributed by atoms with Gasteiger partial charge in [-0.05, 0) is 31.9 Å². The smallest absolute Gasteiger partial charge is 0.255 e. The van der Waals surface area contributed by atoms with Crippen LogP contribution in [0.4, 0.5) is 0 Å². The zero-order valence-electron chi connectivity index (χ0n) is 12.9. The minimum Gasteiger partial charge on any atom is -0.493 e. The van der Waals surface area contributed by atoms with Gasteiger partial charge in [0, 0.05) is 11.9 Å². The largest absolute Gasteiger partial charge is 0.493 e. The fourth-order valence-electron chi connectivity index (χ4n) is 2.04. The van der Waals surface area contributed by atoms with Crippen LogP contribution in [0, 0.1) is 0 Å². The van der Waals surface area contributed by atoms with E-state index < -0.39 is 0 Å². The van der Waals surface area contributed by atoms with Gasteiger partial charge in [-0.2, -0.15) is 0 Å². The molecule has 1 N–H and O–H groups in total. The van der Waals surface area contributed by atoms with Crippen molar-refractivity contribution in [3.63, 3.8) is 0 Å². The van der Waals surface area contributed by atoms with E-state index in [0.29, 0.717) is 28.7 Å². The number of hydrogen-bond acceptors (Lipinski definition) is 4. The fraction of sp³-hybridized carbons (Fsp3) is 0.533. The summed E-state index contributed by atoms with van der Waals surface area (Å²) in [5, 5.41) is 2.92. The van der Waals surface area contributed by atoms with Gasteiger partial charge >= 0.3 is 0 Å². The molecule has 1 rings (SSSR count). The van der Waals surface area contributed by atoms with Crippen molar-refractivity contribution in [1.29, 1.82) is 0 Å². The summed E-state index contributed by atoms with van der Waals surface area (Å²) in [5.41, 5.74) is 0.410. The molecule has 0 spiro atoms. The Labute approximate surface area is 130 Å². The zero-order valence-corrected chi connectivity index (χ0v) is 13.6. The van der Waals surface area contributed by atoms with E-state index in [1.165, 1.54) is 21.3 Å². The molecule has 1 aromatic rings. The molecule has 0 saturated heterocycles. The first-order chi connectivity index (χ1) is 10.1. The van der Waals surface area contributed by atoms with E-state index in [4.69, 9.17) is 25.8 Å². The van der Waals surface area contributed by atoms with Crippen molar-refractivity contribution in [3.8, 4) is 17.2 Å². The van der Waals surface area contributed by atoms with Crippen LogP contribution >= 0.6 is 11.6 Å². The highest BCUT2D eigenvalue weighted by molar-refractivity contribution is 6.17. The van der Waals surface area contributed by atoms with Gasteiger partial charge in [-0.3, -0.25) is 4.79 Å². The van der Waals surface area contributed by atoms with Crippen LogP contribution in [-0.2, 0) is 0 Å². The molecule has 0 radical (unpaired) electrons. The predicted molar refractivity (Wildman–Crippen MR) is 83.0 cm³/mol. The third kappa shape index (κ3) is 4.43. The zero-order chi connectivity index (χ0) is 15.8. The molecule has 0 aromatic heterocycles. The maximum Gasteiger partial charge on any atom is 0.255 e. The van der Waals surface area contributed by atoms with Crippen molar-refractivity contribution in [2.75, 3.05) is 27.2 Å². The van der Waals surface area contributed by atoms with Gasteiger partial charge in [0.05, 0.1) is 26.9 Å². The predicted octanol–water partition coefficient (Wildman–Crippen LogP) is 2.85. The highest BCUT2D eigenvalue weighted by Gasteiger charge is 2.21. The summed E-state index contributed by atoms with van der Waals surface area (Å²) in [6.07, 6.45) is 1.68. The van der Waals surface area contributed by atoms with Crippen LogP contribution in [0.5, 0.6) is 17.2 Å². The van der Waals surface area contributed by atoms with E-state index in [1.807, 2.05) is 6.92 Å². The third-order valence-corrected chi connectivity index (χ3v) is 3.36. The van der Waals surface area contributed by atoms with Gasteiger partial charge < -0.3 is 19.5 Å². The number of hydrogen-bond donors (Lipinski definition) is 1. The Balaban J connectivity index is 2.99. The standard InChI is InChI=1S/C15H22ClNO4/c1-10(6-5-9-16)17-15(18)11-7-8-12(19-2)14(21-4)13(11)20-3/h7-8,10H,5-6,9H2,1-4H3,(H,17,18). The maximum absolute atomic E-state index is 12.3. The van der Waals surface area contributed by atoms with Gasteiger partial charge in [0.15, 0.2) is 11.5 Å². The number of nitrogens with one attached hydrogen (secondary N) is 1. The highest BCUT2D eigenvalue weighted by atomic mass is 35.5. The molecule has 1 atom stereocenters. The minimum atomic E-state index is -0.213. The van der Waals surface area contributed by atoms with Crippen LogP contribution in [0.2, 0.25) is 0 Å². The van der Waals surface area contributed by atoms with E-state index in [0.717, 1.165) is 12.8 Å². The Morgan fingerprint density at radius 2 is 1.86 bits per heavy atom. The molecule has 1 amide bonds. The molecule has 6 heteroatoms. The van der Waals surface area contributed by atoms with Crippen molar-refractivity contribution in [1.82, 2.24) is 5.32 Å². The Hall–Kier alpha value is -1.62.